The molecule has 6 heterocycles. The largest absolute Gasteiger partial charge is 0.464 e. The van der Waals surface area contributed by atoms with Gasteiger partial charge in [-0.15, -0.1) is 22.7 Å². The lowest BCUT2D eigenvalue weighted by molar-refractivity contribution is -0.933. The van der Waals surface area contributed by atoms with Gasteiger partial charge in [-0.05, 0) is 79.6 Å². The van der Waals surface area contributed by atoms with Crippen LogP contribution in [-0.2, 0) is 41.6 Å². The molecule has 3 aromatic carbocycles. The number of quaternary nitrogens is 2. The Balaban J connectivity index is 0.855. The summed E-state index contributed by atoms with van der Waals surface area (Å²) in [4.78, 5) is 56.4. The number of carbonyl (C=O) groups excluding carboxylic acids is 3. The van der Waals surface area contributed by atoms with Gasteiger partial charge in [-0.2, -0.15) is 0 Å². The number of thiophene rings is 2. The van der Waals surface area contributed by atoms with Crippen molar-refractivity contribution in [2.75, 3.05) is 97.2 Å². The molecule has 1 amide bonds. The molecule has 0 bridgehead atoms. The average molecular weight is 1110 g/mol. The number of para-hydroxylation sites is 2. The van der Waals surface area contributed by atoms with Crippen LogP contribution in [0.1, 0.15) is 73.0 Å². The van der Waals surface area contributed by atoms with E-state index in [1.165, 1.54) is 9.75 Å². The minimum absolute atomic E-state index is 0.150. The summed E-state index contributed by atoms with van der Waals surface area (Å²) >= 11 is 3.46. The monoisotopic (exact) mass is 1100 g/mol. The van der Waals surface area contributed by atoms with Crippen molar-refractivity contribution in [3.8, 4) is 0 Å². The van der Waals surface area contributed by atoms with Crippen molar-refractivity contribution in [2.24, 2.45) is 21.8 Å². The fourth-order valence-electron chi connectivity index (χ4n) is 10.1. The van der Waals surface area contributed by atoms with Gasteiger partial charge < -0.3 is 49.6 Å². The van der Waals surface area contributed by atoms with Crippen LogP contribution < -0.4 is 21.3 Å². The number of benzene rings is 3. The van der Waals surface area contributed by atoms with Crippen molar-refractivity contribution in [1.82, 2.24) is 20.4 Å². The van der Waals surface area contributed by atoms with Crippen molar-refractivity contribution < 1.29 is 47.4 Å². The number of fused-ring (bicyclic) bond motifs is 4. The van der Waals surface area contributed by atoms with E-state index in [2.05, 4.69) is 88.5 Å². The summed E-state index contributed by atoms with van der Waals surface area (Å²) in [5.74, 6) is 0.996. The highest BCUT2D eigenvalue weighted by molar-refractivity contribution is 7.17. The molecule has 3 unspecified atom stereocenters. The van der Waals surface area contributed by atoms with E-state index in [0.717, 1.165) is 106 Å². The quantitative estimate of drug-likeness (QED) is 0.0243. The molecule has 5 aromatic rings. The van der Waals surface area contributed by atoms with Crippen LogP contribution in [0.5, 0.6) is 0 Å². The Morgan fingerprint density at radius 3 is 2.00 bits per heavy atom. The molecule has 18 nitrogen and oxygen atoms in total. The normalized spacial score (nSPS) is 17.5. The van der Waals surface area contributed by atoms with E-state index in [0.29, 0.717) is 34.9 Å². The Hall–Kier alpha value is -6.39. The fraction of sp³-hybridized carbons (Fsp3) is 0.466. The number of amides is 1. The zero-order valence-corrected chi connectivity index (χ0v) is 47.8. The second-order valence-electron chi connectivity index (χ2n) is 22.1. The highest BCUT2D eigenvalue weighted by atomic mass is 32.1. The highest BCUT2D eigenvalue weighted by Gasteiger charge is 2.37. The Morgan fingerprint density at radius 2 is 1.33 bits per heavy atom. The number of hydrogen-bond acceptors (Lipinski definition) is 17. The third-order valence-corrected chi connectivity index (χ3v) is 16.8. The molecule has 5 N–H and O–H groups in total. The zero-order chi connectivity index (χ0) is 55.1. The van der Waals surface area contributed by atoms with E-state index < -0.39 is 36.5 Å². The van der Waals surface area contributed by atoms with Crippen LogP contribution in [0, 0.1) is 18.8 Å². The van der Waals surface area contributed by atoms with Crippen molar-refractivity contribution in [3.05, 3.63) is 117 Å². The topological polar surface area (TPSA) is 188 Å². The summed E-state index contributed by atoms with van der Waals surface area (Å²) in [5.41, 5.74) is 7.83. The molecular weight excluding hydrogens is 1030 g/mol. The Labute approximate surface area is 466 Å². The molecule has 3 atom stereocenters. The molecule has 416 valence electrons. The SMILES string of the molecule is CCOC(=O)C(NC(=O)OC[N+]1(C)CCN(C2=Nc3cc(Cc4cc5c(s4)Nc4ccccc4N=C5N4CC[N+](C)(COC(O)NC(CC(C)C)C(=O)OCc5ccccc5)CC4)ccc3Nc3sc(C)cc32)CC1)C(C)C. The number of hydrogen-bond donors (Lipinski definition) is 5. The molecule has 4 aliphatic heterocycles. The minimum Gasteiger partial charge on any atom is -0.464 e. The third-order valence-electron chi connectivity index (χ3n) is 14.7. The van der Waals surface area contributed by atoms with Crippen LogP contribution in [-0.4, -0.2) is 159 Å². The first-order valence-electron chi connectivity index (χ1n) is 27.1. The van der Waals surface area contributed by atoms with Crippen molar-refractivity contribution in [1.29, 1.82) is 0 Å². The standard InChI is InChI=1S/C58H75N10O8S2/c1-9-73-56(70)50(38(4)5)64-58(72)76-36-68(8)25-21-65(22-26-68)51-43-30-39(6)77-53(43)62-47-20-19-41(32-48(47)60-51)31-42-33-44-52(59-45-17-13-14-18-46(45)61-54(44)78-42)66-23-27-67(7,28-24-66)35-75-57(71)63-49(29-37(2)3)55(69)74-34-40-15-11-10-12-16-40/h10-20,30,32-33,37-38,49-50,57,63,71H,9,21-29,31,34-36H2,1-8H3,(H2-,59,60,61,62,64,72)/q+1/p+1. The van der Waals surface area contributed by atoms with E-state index in [1.807, 2.05) is 76.2 Å². The Morgan fingerprint density at radius 1 is 0.718 bits per heavy atom. The molecule has 2 fully saturated rings. The van der Waals surface area contributed by atoms with Gasteiger partial charge >= 0.3 is 18.0 Å². The van der Waals surface area contributed by atoms with E-state index in [1.54, 1.807) is 29.6 Å². The third kappa shape index (κ3) is 13.9. The summed E-state index contributed by atoms with van der Waals surface area (Å²) in [5, 5.41) is 26.3. The van der Waals surface area contributed by atoms with E-state index in [-0.39, 0.29) is 38.5 Å². The van der Waals surface area contributed by atoms with Crippen molar-refractivity contribution in [3.63, 3.8) is 0 Å². The van der Waals surface area contributed by atoms with Crippen LogP contribution in [0.25, 0.3) is 0 Å². The lowest BCUT2D eigenvalue weighted by Gasteiger charge is -2.42. The van der Waals surface area contributed by atoms with Crippen molar-refractivity contribution in [2.45, 2.75) is 79.5 Å². The second-order valence-corrected chi connectivity index (χ2v) is 24.5. The first-order valence-corrected chi connectivity index (χ1v) is 28.8. The molecule has 2 saturated heterocycles. The van der Waals surface area contributed by atoms with Crippen LogP contribution in [0.2, 0.25) is 0 Å². The number of alkyl carbamates (subject to hydrolysis) is 1. The van der Waals surface area contributed by atoms with Crippen LogP contribution in [0.3, 0.4) is 0 Å². The molecule has 2 aromatic heterocycles. The van der Waals surface area contributed by atoms with Crippen molar-refractivity contribution >= 4 is 85.1 Å². The van der Waals surface area contributed by atoms with Crippen LogP contribution in [0.15, 0.2) is 94.9 Å². The fourth-order valence-corrected chi connectivity index (χ4v) is 12.1. The number of ether oxygens (including phenoxy) is 4. The van der Waals surface area contributed by atoms with Crippen LogP contribution >= 0.6 is 22.7 Å². The number of carbonyl (C=O) groups is 3. The molecule has 0 aliphatic carbocycles. The van der Waals surface area contributed by atoms with Gasteiger partial charge in [-0.3, -0.25) is 19.3 Å². The molecular formula is C58H76N10O8S2+2. The maximum atomic E-state index is 13.2. The summed E-state index contributed by atoms with van der Waals surface area (Å²) in [6.45, 7) is 18.3. The molecule has 4 aliphatic rings. The molecule has 9 rings (SSSR count). The zero-order valence-electron chi connectivity index (χ0n) is 46.2. The molecule has 78 heavy (non-hydrogen) atoms. The van der Waals surface area contributed by atoms with Gasteiger partial charge in [0, 0.05) is 16.2 Å². The van der Waals surface area contributed by atoms with Gasteiger partial charge in [0.05, 0.1) is 107 Å². The summed E-state index contributed by atoms with van der Waals surface area (Å²) in [7, 11) is 4.23. The number of aryl methyl sites for hydroxylation is 1. The number of anilines is 4. The van der Waals surface area contributed by atoms with E-state index in [9.17, 15) is 19.5 Å². The number of amidine groups is 2. The summed E-state index contributed by atoms with van der Waals surface area (Å²) in [6, 6.07) is 27.2. The Bertz CT molecular complexity index is 2980. The summed E-state index contributed by atoms with van der Waals surface area (Å²) in [6.07, 6.45) is -0.788. The van der Waals surface area contributed by atoms with Gasteiger partial charge in [0.15, 0.2) is 6.73 Å². The first kappa shape index (κ1) is 56.3. The van der Waals surface area contributed by atoms with Crippen LogP contribution in [0.4, 0.5) is 37.5 Å². The predicted molar refractivity (Wildman–Crippen MR) is 307 cm³/mol. The molecule has 0 saturated carbocycles. The Kier molecular flexibility index (Phi) is 17.9. The predicted octanol–water partition coefficient (Wildman–Crippen LogP) is 8.77. The number of aliphatic imine (C=N–C) groups is 2. The van der Waals surface area contributed by atoms with E-state index in [4.69, 9.17) is 28.9 Å². The molecule has 20 heteroatoms. The number of rotatable bonds is 18. The lowest BCUT2D eigenvalue weighted by atomic mass is 10.0. The van der Waals surface area contributed by atoms with Gasteiger partial charge in [-0.1, -0.05) is 76.2 Å². The number of aliphatic hydroxyl groups excluding tert-OH is 1. The second kappa shape index (κ2) is 24.7. The number of nitrogens with zero attached hydrogens (tertiary/aromatic N) is 6. The maximum Gasteiger partial charge on any atom is 0.412 e. The lowest BCUT2D eigenvalue weighted by Crippen LogP contribution is -2.60. The van der Waals surface area contributed by atoms with E-state index >= 15 is 0 Å². The number of nitrogens with one attached hydrogen (secondary N) is 4. The minimum atomic E-state index is -1.35. The van der Waals surface area contributed by atoms with Gasteiger partial charge in [-0.25, -0.2) is 19.6 Å². The van der Waals surface area contributed by atoms with Gasteiger partial charge in [0.25, 0.3) is 0 Å². The highest BCUT2D eigenvalue weighted by Crippen LogP contribution is 2.43. The molecule has 0 radical (unpaired) electrons. The number of likely N-dealkylation sites (N-methyl/N-ethyl adjacent to an activating group) is 2. The number of aliphatic hydroxyl groups is 1. The van der Waals surface area contributed by atoms with Gasteiger partial charge in [0.2, 0.25) is 13.1 Å². The summed E-state index contributed by atoms with van der Waals surface area (Å²) < 4.78 is 23.7. The molecule has 0 spiro atoms. The van der Waals surface area contributed by atoms with Gasteiger partial charge in [0.1, 0.15) is 40.4 Å². The average Bonchev–Trinajstić information content (AvgIpc) is 3.94. The first-order chi connectivity index (χ1) is 37.4. The smallest absolute Gasteiger partial charge is 0.412 e. The number of piperazine rings is 2. The number of esters is 2. The maximum absolute atomic E-state index is 13.2.